The summed E-state index contributed by atoms with van der Waals surface area (Å²) in [7, 11) is 1.45. The molecule has 0 saturated carbocycles. The molecule has 0 aliphatic heterocycles. The molecule has 5 heteroatoms. The molecule has 0 aliphatic carbocycles. The van der Waals surface area contributed by atoms with Gasteiger partial charge in [0.2, 0.25) is 0 Å². The van der Waals surface area contributed by atoms with E-state index in [9.17, 15) is 4.39 Å². The molecular formula is C14H16FN3O. The number of nitrogens with one attached hydrogen (secondary N) is 1. The average Bonchev–Trinajstić information content (AvgIpc) is 2.46. The van der Waals surface area contributed by atoms with Crippen molar-refractivity contribution < 1.29 is 9.13 Å². The molecule has 1 unspecified atom stereocenters. The van der Waals surface area contributed by atoms with Gasteiger partial charge in [0.1, 0.15) is 6.33 Å². The number of hydrogen-bond acceptors (Lipinski definition) is 4. The van der Waals surface area contributed by atoms with Gasteiger partial charge >= 0.3 is 0 Å². The number of methoxy groups -OCH3 is 1. The van der Waals surface area contributed by atoms with E-state index in [1.807, 2.05) is 6.92 Å². The van der Waals surface area contributed by atoms with Crippen LogP contribution in [-0.2, 0) is 0 Å². The van der Waals surface area contributed by atoms with Crippen LogP contribution in [0.25, 0.3) is 0 Å². The van der Waals surface area contributed by atoms with Crippen molar-refractivity contribution in [3.8, 4) is 5.75 Å². The summed E-state index contributed by atoms with van der Waals surface area (Å²) in [5.74, 6) is -0.135. The van der Waals surface area contributed by atoms with E-state index in [0.29, 0.717) is 12.1 Å². The number of benzene rings is 1. The van der Waals surface area contributed by atoms with Crippen LogP contribution in [0.3, 0.4) is 0 Å². The first-order valence-electron chi connectivity index (χ1n) is 6.09. The van der Waals surface area contributed by atoms with Crippen molar-refractivity contribution in [2.24, 2.45) is 0 Å². The minimum absolute atomic E-state index is 0.231. The largest absolute Gasteiger partial charge is 0.494 e. The monoisotopic (exact) mass is 261 g/mol. The van der Waals surface area contributed by atoms with Crippen molar-refractivity contribution in [3.63, 3.8) is 0 Å². The van der Waals surface area contributed by atoms with E-state index < -0.39 is 0 Å². The van der Waals surface area contributed by atoms with E-state index in [-0.39, 0.29) is 17.6 Å². The lowest BCUT2D eigenvalue weighted by Crippen LogP contribution is -2.24. The maximum atomic E-state index is 14.3. The fourth-order valence-electron chi connectivity index (χ4n) is 1.96. The number of aromatic nitrogens is 2. The molecule has 1 atom stereocenters. The average molecular weight is 261 g/mol. The molecule has 0 spiro atoms. The first-order valence-corrected chi connectivity index (χ1v) is 6.09. The van der Waals surface area contributed by atoms with Gasteiger partial charge in [0.05, 0.1) is 18.8 Å². The van der Waals surface area contributed by atoms with Gasteiger partial charge in [-0.3, -0.25) is 0 Å². The lowest BCUT2D eigenvalue weighted by Gasteiger charge is -2.19. The van der Waals surface area contributed by atoms with E-state index in [0.717, 1.165) is 5.69 Å². The zero-order valence-electron chi connectivity index (χ0n) is 10.9. The topological polar surface area (TPSA) is 47.0 Å². The Balaban J connectivity index is 2.45. The fourth-order valence-corrected chi connectivity index (χ4v) is 1.96. The zero-order chi connectivity index (χ0) is 13.7. The van der Waals surface area contributed by atoms with E-state index in [1.165, 1.54) is 13.4 Å². The summed E-state index contributed by atoms with van der Waals surface area (Å²) in [6, 6.07) is 6.55. The predicted molar refractivity (Wildman–Crippen MR) is 70.5 cm³/mol. The Morgan fingerprint density at radius 3 is 2.84 bits per heavy atom. The Bertz CT molecular complexity index is 533. The van der Waals surface area contributed by atoms with Gasteiger partial charge in [-0.1, -0.05) is 19.1 Å². The van der Waals surface area contributed by atoms with E-state index in [1.54, 1.807) is 30.5 Å². The third kappa shape index (κ3) is 2.88. The molecule has 4 nitrogen and oxygen atoms in total. The molecule has 0 aliphatic rings. The van der Waals surface area contributed by atoms with Crippen molar-refractivity contribution in [2.45, 2.75) is 13.0 Å². The Hall–Kier alpha value is -2.01. The molecule has 0 radical (unpaired) electrons. The van der Waals surface area contributed by atoms with Crippen molar-refractivity contribution in [1.29, 1.82) is 0 Å². The van der Waals surface area contributed by atoms with E-state index in [2.05, 4.69) is 15.3 Å². The van der Waals surface area contributed by atoms with Crippen molar-refractivity contribution in [2.75, 3.05) is 13.7 Å². The van der Waals surface area contributed by atoms with E-state index in [4.69, 9.17) is 4.74 Å². The SMILES string of the molecule is CCNC(c1ccncn1)c1cccc(OC)c1F. The van der Waals surface area contributed by atoms with Gasteiger partial charge in [-0.2, -0.15) is 0 Å². The Morgan fingerprint density at radius 2 is 2.21 bits per heavy atom. The van der Waals surface area contributed by atoms with E-state index >= 15 is 0 Å². The zero-order valence-corrected chi connectivity index (χ0v) is 10.9. The Kier molecular flexibility index (Phi) is 4.41. The normalized spacial score (nSPS) is 12.2. The smallest absolute Gasteiger partial charge is 0.170 e. The summed E-state index contributed by atoms with van der Waals surface area (Å²) in [4.78, 5) is 8.07. The quantitative estimate of drug-likeness (QED) is 0.897. The molecule has 0 bridgehead atoms. The molecule has 1 heterocycles. The molecular weight excluding hydrogens is 245 g/mol. The molecule has 1 aromatic carbocycles. The van der Waals surface area contributed by atoms with Crippen molar-refractivity contribution in [1.82, 2.24) is 15.3 Å². The fraction of sp³-hybridized carbons (Fsp3) is 0.286. The van der Waals surface area contributed by atoms with Gasteiger partial charge in [-0.25, -0.2) is 14.4 Å². The first kappa shape index (κ1) is 13.4. The van der Waals surface area contributed by atoms with Crippen molar-refractivity contribution in [3.05, 3.63) is 53.9 Å². The van der Waals surface area contributed by atoms with Crippen molar-refractivity contribution >= 4 is 0 Å². The Morgan fingerprint density at radius 1 is 1.37 bits per heavy atom. The maximum absolute atomic E-state index is 14.3. The van der Waals surface area contributed by atoms with Crippen LogP contribution < -0.4 is 10.1 Å². The third-order valence-corrected chi connectivity index (χ3v) is 2.83. The number of halogens is 1. The van der Waals surface area contributed by atoms with Gasteiger partial charge in [0.25, 0.3) is 0 Å². The van der Waals surface area contributed by atoms with Crippen LogP contribution in [0.5, 0.6) is 5.75 Å². The summed E-state index contributed by atoms with van der Waals surface area (Å²) in [5.41, 5.74) is 1.24. The molecule has 0 amide bonds. The minimum Gasteiger partial charge on any atom is -0.494 e. The molecule has 2 rings (SSSR count). The highest BCUT2D eigenvalue weighted by atomic mass is 19.1. The number of hydrogen-bond donors (Lipinski definition) is 1. The van der Waals surface area contributed by atoms with Gasteiger partial charge in [-0.15, -0.1) is 0 Å². The van der Waals surface area contributed by atoms with Crippen LogP contribution in [0, 0.1) is 5.82 Å². The van der Waals surface area contributed by atoms with Crippen LogP contribution in [0.1, 0.15) is 24.2 Å². The highest BCUT2D eigenvalue weighted by Crippen LogP contribution is 2.28. The summed E-state index contributed by atoms with van der Waals surface area (Å²) >= 11 is 0. The lowest BCUT2D eigenvalue weighted by molar-refractivity contribution is 0.381. The van der Waals surface area contributed by atoms with Gasteiger partial charge in [0, 0.05) is 11.8 Å². The molecule has 19 heavy (non-hydrogen) atoms. The molecule has 0 saturated heterocycles. The lowest BCUT2D eigenvalue weighted by atomic mass is 10.0. The third-order valence-electron chi connectivity index (χ3n) is 2.83. The maximum Gasteiger partial charge on any atom is 0.170 e. The number of rotatable bonds is 5. The summed E-state index contributed by atoms with van der Waals surface area (Å²) in [6.45, 7) is 2.66. The van der Waals surface area contributed by atoms with Crippen LogP contribution in [0.15, 0.2) is 36.8 Å². The van der Waals surface area contributed by atoms with Gasteiger partial charge in [-0.05, 0) is 18.7 Å². The summed E-state index contributed by atoms with van der Waals surface area (Å²) in [6.07, 6.45) is 3.10. The van der Waals surface area contributed by atoms with Crippen LogP contribution >= 0.6 is 0 Å². The highest BCUT2D eigenvalue weighted by molar-refractivity contribution is 5.36. The molecule has 1 N–H and O–H groups in total. The molecule has 1 aromatic heterocycles. The summed E-state index contributed by atoms with van der Waals surface area (Å²) < 4.78 is 19.3. The molecule has 0 fully saturated rings. The summed E-state index contributed by atoms with van der Waals surface area (Å²) in [5, 5.41) is 3.22. The molecule has 100 valence electrons. The second-order valence-electron chi connectivity index (χ2n) is 3.99. The van der Waals surface area contributed by atoms with Gasteiger partial charge < -0.3 is 10.1 Å². The van der Waals surface area contributed by atoms with Crippen LogP contribution in [-0.4, -0.2) is 23.6 Å². The second-order valence-corrected chi connectivity index (χ2v) is 3.99. The predicted octanol–water partition coefficient (Wildman–Crippen LogP) is 2.32. The standard InChI is InChI=1S/C14H16FN3O/c1-3-17-14(11-7-8-16-9-18-11)10-5-4-6-12(19-2)13(10)15/h4-9,14,17H,3H2,1-2H3. The second kappa shape index (κ2) is 6.24. The highest BCUT2D eigenvalue weighted by Gasteiger charge is 2.20. The Labute approximate surface area is 111 Å². The minimum atomic E-state index is -0.366. The van der Waals surface area contributed by atoms with Crippen LogP contribution in [0.4, 0.5) is 4.39 Å². The van der Waals surface area contributed by atoms with Gasteiger partial charge in [0.15, 0.2) is 11.6 Å². The molecule has 2 aromatic rings. The first-order chi connectivity index (χ1) is 9.27. The number of nitrogens with zero attached hydrogens (tertiary/aromatic N) is 2. The van der Waals surface area contributed by atoms with Crippen LogP contribution in [0.2, 0.25) is 0 Å². The number of ether oxygens (including phenoxy) is 1.